The summed E-state index contributed by atoms with van der Waals surface area (Å²) in [6.07, 6.45) is 8.76. The Balaban J connectivity index is 0.000000193. The molecular weight excluding hydrogens is 1230 g/mol. The molecule has 468 valence electrons. The van der Waals surface area contributed by atoms with Gasteiger partial charge in [0.15, 0.2) is 0 Å². The molecule has 0 aliphatic heterocycles. The van der Waals surface area contributed by atoms with Crippen molar-refractivity contribution in [2.24, 2.45) is 11.8 Å². The Hall–Kier alpha value is -8.82. The zero-order valence-corrected chi connectivity index (χ0v) is 53.9. The molecule has 0 bridgehead atoms. The van der Waals surface area contributed by atoms with Gasteiger partial charge in [0.05, 0.1) is 0 Å². The van der Waals surface area contributed by atoms with Gasteiger partial charge in [0, 0.05) is 22.1 Å². The van der Waals surface area contributed by atoms with Crippen molar-refractivity contribution in [2.45, 2.75) is 76.0 Å². The van der Waals surface area contributed by atoms with Crippen molar-refractivity contribution in [3.05, 3.63) is 301 Å². The number of aromatic hydroxyl groups is 2. The number of rotatable bonds is 20. The van der Waals surface area contributed by atoms with E-state index in [1.54, 1.807) is 194 Å². The monoisotopic (exact) mass is 1300 g/mol. The molecule has 2 atom stereocenters. The summed E-state index contributed by atoms with van der Waals surface area (Å²) in [6, 6.07) is 83.1. The van der Waals surface area contributed by atoms with Gasteiger partial charge in [-0.2, -0.15) is 9.13 Å². The van der Waals surface area contributed by atoms with E-state index < -0.39 is 22.6 Å². The Bertz CT molecular complexity index is 3660. The topological polar surface area (TPSA) is 166 Å². The quantitative estimate of drug-likeness (QED) is 0.0693. The van der Waals surface area contributed by atoms with Gasteiger partial charge < -0.3 is 46.4 Å². The van der Waals surface area contributed by atoms with Gasteiger partial charge in [-0.15, -0.1) is 0 Å². The molecule has 91 heavy (non-hydrogen) atoms. The van der Waals surface area contributed by atoms with Crippen LogP contribution in [0.5, 0.6) is 57.5 Å². The predicted molar refractivity (Wildman–Crippen MR) is 358 cm³/mol. The molecule has 2 saturated carbocycles. The van der Waals surface area contributed by atoms with Crippen molar-refractivity contribution in [3.8, 4) is 57.5 Å². The van der Waals surface area contributed by atoms with Gasteiger partial charge in [0.25, 0.3) is 0 Å². The van der Waals surface area contributed by atoms with Crippen molar-refractivity contribution in [1.82, 2.24) is 0 Å². The van der Waals surface area contributed by atoms with Gasteiger partial charge >= 0.3 is 22.6 Å². The number of hydrogen-bond acceptors (Lipinski definition) is 13. The lowest BCUT2D eigenvalue weighted by molar-refractivity contribution is 0.272. The molecule has 2 aliphatic carbocycles. The third-order valence-corrected chi connectivity index (χ3v) is 19.7. The molecule has 17 heteroatoms. The zero-order chi connectivity index (χ0) is 63.6. The Morgan fingerprint density at radius 1 is 0.319 bits per heavy atom. The third kappa shape index (κ3) is 18.2. The highest BCUT2D eigenvalue weighted by Gasteiger charge is 2.41. The molecule has 0 aromatic heterocycles. The van der Waals surface area contributed by atoms with Crippen molar-refractivity contribution in [3.63, 3.8) is 0 Å². The number of phosphoric ester groups is 2. The number of halogens is 1. The summed E-state index contributed by atoms with van der Waals surface area (Å²) in [4.78, 5) is 0. The standard InChI is InChI=1S/C43H40O8P2.C19H22O2.C12H10ClO3P/c1-34-15-14-32-43(33-34,35-24-28-41(29-25-35)50-52(44,46-37-16-6-2-7-17-37)47-38-18-8-3-9-19-38)36-26-30-42(31-27-36)51-53(45,48-39-20-10-4-11-21-39)49-40-22-12-5-13-23-40;1-14-3-2-12-19(13-14,15-4-8-17(20)9-5-15)16-6-10-18(21)11-7-16;13-17(14,15-11-7-3-1-4-8-11)16-12-9-5-2-6-10-12/h2-13,16-31,34H,14-15,32-33H2,1H3;4-11,14,20-21H,2-3,12-13H2,1H3;1-10H. The van der Waals surface area contributed by atoms with Gasteiger partial charge in [-0.05, 0) is 181 Å². The Morgan fingerprint density at radius 3 is 0.758 bits per heavy atom. The van der Waals surface area contributed by atoms with E-state index in [1.165, 1.54) is 24.0 Å². The van der Waals surface area contributed by atoms with Gasteiger partial charge in [0.2, 0.25) is 0 Å². The molecule has 0 saturated heterocycles. The van der Waals surface area contributed by atoms with Crippen LogP contribution in [0.2, 0.25) is 0 Å². The van der Waals surface area contributed by atoms with Crippen molar-refractivity contribution < 1.29 is 60.1 Å². The number of benzene rings is 10. The van der Waals surface area contributed by atoms with Gasteiger partial charge in [-0.1, -0.05) is 197 Å². The maximum absolute atomic E-state index is 14.1. The molecule has 13 nitrogen and oxygen atoms in total. The second-order valence-electron chi connectivity index (χ2n) is 22.6. The van der Waals surface area contributed by atoms with Crippen LogP contribution in [0.15, 0.2) is 279 Å². The van der Waals surface area contributed by atoms with Crippen LogP contribution in [0.1, 0.15) is 87.5 Å². The molecule has 0 radical (unpaired) electrons. The van der Waals surface area contributed by atoms with Gasteiger partial charge in [-0.25, -0.2) is 4.57 Å². The fourth-order valence-corrected chi connectivity index (χ4v) is 15.5. The van der Waals surface area contributed by atoms with Gasteiger partial charge in [0.1, 0.15) is 57.5 Å². The van der Waals surface area contributed by atoms with E-state index in [1.807, 2.05) is 84.9 Å². The predicted octanol–water partition coefficient (Wildman–Crippen LogP) is 21.6. The average Bonchev–Trinajstić information content (AvgIpc) is 0.809. The van der Waals surface area contributed by atoms with E-state index in [-0.39, 0.29) is 10.8 Å². The van der Waals surface area contributed by atoms with Crippen molar-refractivity contribution in [1.29, 1.82) is 0 Å². The number of phenolic OH excluding ortho intramolecular Hbond substituents is 2. The highest BCUT2D eigenvalue weighted by molar-refractivity contribution is 7.82. The van der Waals surface area contributed by atoms with Crippen LogP contribution in [-0.2, 0) is 24.5 Å². The zero-order valence-electron chi connectivity index (χ0n) is 50.5. The van der Waals surface area contributed by atoms with Crippen LogP contribution in [0, 0.1) is 11.8 Å². The molecule has 0 spiro atoms. The number of hydrogen-bond donors (Lipinski definition) is 2. The van der Waals surface area contributed by atoms with Crippen LogP contribution >= 0.6 is 33.8 Å². The fourth-order valence-electron chi connectivity index (χ4n) is 11.8. The summed E-state index contributed by atoms with van der Waals surface area (Å²) >= 11 is 5.72. The summed E-state index contributed by atoms with van der Waals surface area (Å²) in [5.41, 5.74) is 4.40. The van der Waals surface area contributed by atoms with E-state index in [4.69, 9.17) is 47.4 Å². The maximum atomic E-state index is 14.1. The summed E-state index contributed by atoms with van der Waals surface area (Å²) in [7, 11) is -8.29. The first-order chi connectivity index (χ1) is 44.0. The molecule has 0 amide bonds. The first-order valence-corrected chi connectivity index (χ1v) is 35.6. The second-order valence-corrected chi connectivity index (χ2v) is 28.0. The number of phenols is 2. The van der Waals surface area contributed by atoms with Crippen LogP contribution in [-0.4, -0.2) is 10.2 Å². The first-order valence-electron chi connectivity index (χ1n) is 30.2. The summed E-state index contributed by atoms with van der Waals surface area (Å²) in [6.45, 7) is 0.927. The lowest BCUT2D eigenvalue weighted by Crippen LogP contribution is -2.33. The SMILES string of the molecule is CC1CCCC(c2ccc(O)cc2)(c2ccc(O)cc2)C1.CC1CCCC(c2ccc(OP(=O)(Oc3ccccc3)Oc3ccccc3)cc2)(c2ccc(OP(=O)(Oc3ccccc3)Oc3ccccc3)cc2)C1.O=P(Cl)(Oc1ccccc1)Oc1ccccc1. The minimum absolute atomic E-state index is 0.000926. The first kappa shape index (κ1) is 65.1. The summed E-state index contributed by atoms with van der Waals surface area (Å²) in [5.74, 6) is 4.73. The molecule has 10 aromatic rings. The summed E-state index contributed by atoms with van der Waals surface area (Å²) < 4.78 is 85.5. The molecule has 2 fully saturated rings. The van der Waals surface area contributed by atoms with Crippen molar-refractivity contribution >= 4 is 33.8 Å². The molecule has 12 rings (SSSR count). The Labute approximate surface area is 537 Å². The lowest BCUT2D eigenvalue weighted by Gasteiger charge is -2.41. The molecule has 0 heterocycles. The smallest absolute Gasteiger partial charge is 0.508 e. The maximum Gasteiger partial charge on any atom is 0.647 e. The molecule has 2 aliphatic rings. The largest absolute Gasteiger partial charge is 0.647 e. The van der Waals surface area contributed by atoms with E-state index in [2.05, 4.69) is 13.8 Å². The number of para-hydroxylation sites is 6. The van der Waals surface area contributed by atoms with Crippen molar-refractivity contribution in [2.75, 3.05) is 0 Å². The normalized spacial score (nSPS) is 15.9. The molecule has 2 N–H and O–H groups in total. The fraction of sp³-hybridized carbons (Fsp3) is 0.189. The van der Waals surface area contributed by atoms with E-state index in [0.29, 0.717) is 69.3 Å². The molecule has 10 aromatic carbocycles. The highest BCUT2D eigenvalue weighted by atomic mass is 35.7. The third-order valence-electron chi connectivity index (χ3n) is 15.8. The lowest BCUT2D eigenvalue weighted by atomic mass is 9.62. The Kier molecular flexibility index (Phi) is 21.7. The van der Waals surface area contributed by atoms with E-state index in [9.17, 15) is 23.9 Å². The van der Waals surface area contributed by atoms with E-state index >= 15 is 0 Å². The minimum atomic E-state index is -4.14. The van der Waals surface area contributed by atoms with Crippen LogP contribution < -0.4 is 36.2 Å². The van der Waals surface area contributed by atoms with E-state index in [0.717, 1.165) is 49.7 Å². The summed E-state index contributed by atoms with van der Waals surface area (Å²) in [5, 5.41) is 19.1. The van der Waals surface area contributed by atoms with Crippen LogP contribution in [0.4, 0.5) is 0 Å². The highest BCUT2D eigenvalue weighted by Crippen LogP contribution is 2.55. The average molecular weight is 1300 g/mol. The second kappa shape index (κ2) is 30.3. The minimum Gasteiger partial charge on any atom is -0.508 e. The van der Waals surface area contributed by atoms with Gasteiger partial charge in [-0.3, -0.25) is 0 Å². The van der Waals surface area contributed by atoms with Crippen LogP contribution in [0.3, 0.4) is 0 Å². The Morgan fingerprint density at radius 2 is 0.527 bits per heavy atom. The van der Waals surface area contributed by atoms with Crippen LogP contribution in [0.25, 0.3) is 0 Å². The molecular formula is C74H72ClO13P3. The number of phosphoric acid groups is 2. The molecule has 2 unspecified atom stereocenters.